The van der Waals surface area contributed by atoms with Crippen molar-refractivity contribution in [1.82, 2.24) is 9.97 Å². The molecule has 3 heteroatoms. The summed E-state index contributed by atoms with van der Waals surface area (Å²) in [5, 5.41) is 1.93. The third-order valence-electron chi connectivity index (χ3n) is 3.34. The second-order valence-electron chi connectivity index (χ2n) is 5.03. The number of halogens is 1. The van der Waals surface area contributed by atoms with Gasteiger partial charge in [0.1, 0.15) is 0 Å². The van der Waals surface area contributed by atoms with Crippen LogP contribution in [0.1, 0.15) is 25.5 Å². The lowest BCUT2D eigenvalue weighted by Crippen LogP contribution is -1.85. The summed E-state index contributed by atoms with van der Waals surface area (Å²) in [6.07, 6.45) is 3.56. The number of benzene rings is 1. The molecule has 2 heterocycles. The molecule has 0 spiro atoms. The van der Waals surface area contributed by atoms with Crippen LogP contribution in [0.2, 0.25) is 5.02 Å². The molecule has 1 aromatic carbocycles. The van der Waals surface area contributed by atoms with E-state index in [4.69, 9.17) is 11.6 Å². The molecule has 2 nitrogen and oxygen atoms in total. The van der Waals surface area contributed by atoms with E-state index < -0.39 is 0 Å². The predicted octanol–water partition coefficient (Wildman–Crippen LogP) is 5.01. The van der Waals surface area contributed by atoms with Crippen LogP contribution in [0.15, 0.2) is 42.7 Å². The van der Waals surface area contributed by atoms with E-state index in [1.54, 1.807) is 12.4 Å². The number of nitrogens with one attached hydrogen (secondary N) is 1. The molecule has 96 valence electrons. The van der Waals surface area contributed by atoms with E-state index in [0.29, 0.717) is 5.92 Å². The van der Waals surface area contributed by atoms with Crippen molar-refractivity contribution in [3.63, 3.8) is 0 Å². The minimum Gasteiger partial charge on any atom is -0.358 e. The lowest BCUT2D eigenvalue weighted by atomic mass is 10.1. The molecular formula is C16H15ClN2. The van der Waals surface area contributed by atoms with Crippen LogP contribution in [-0.2, 0) is 0 Å². The Balaban J connectivity index is 2.19. The van der Waals surface area contributed by atoms with Gasteiger partial charge in [0, 0.05) is 39.6 Å². The molecule has 0 saturated carbocycles. The third kappa shape index (κ3) is 2.24. The average Bonchev–Trinajstić information content (AvgIpc) is 2.82. The van der Waals surface area contributed by atoms with E-state index in [0.717, 1.165) is 27.1 Å². The monoisotopic (exact) mass is 270 g/mol. The van der Waals surface area contributed by atoms with E-state index in [2.05, 4.69) is 35.9 Å². The Morgan fingerprint density at radius 1 is 1.11 bits per heavy atom. The first-order valence-corrected chi connectivity index (χ1v) is 6.75. The van der Waals surface area contributed by atoms with E-state index in [-0.39, 0.29) is 0 Å². The first-order chi connectivity index (χ1) is 9.15. The molecule has 0 aliphatic rings. The number of rotatable bonds is 2. The minimum absolute atomic E-state index is 0.482. The molecule has 0 aliphatic heterocycles. The summed E-state index contributed by atoms with van der Waals surface area (Å²) in [4.78, 5) is 7.50. The zero-order valence-corrected chi connectivity index (χ0v) is 11.7. The van der Waals surface area contributed by atoms with Crippen molar-refractivity contribution in [2.45, 2.75) is 19.8 Å². The Kier molecular flexibility index (Phi) is 3.03. The highest BCUT2D eigenvalue weighted by Crippen LogP contribution is 2.33. The quantitative estimate of drug-likeness (QED) is 0.697. The highest BCUT2D eigenvalue weighted by molar-refractivity contribution is 6.34. The lowest BCUT2D eigenvalue weighted by Gasteiger charge is -2.04. The standard InChI is InChI=1S/C16H15ClN2/c1-10(2)15-8-12-7-14(17)13(9-16(12)19-15)11-3-5-18-6-4-11/h3-10,19H,1-2H3. The number of pyridine rings is 1. The summed E-state index contributed by atoms with van der Waals surface area (Å²) >= 11 is 6.39. The predicted molar refractivity (Wildman–Crippen MR) is 80.6 cm³/mol. The minimum atomic E-state index is 0.482. The molecule has 0 atom stereocenters. The second-order valence-corrected chi connectivity index (χ2v) is 5.44. The van der Waals surface area contributed by atoms with Gasteiger partial charge in [-0.15, -0.1) is 0 Å². The Morgan fingerprint density at radius 3 is 2.53 bits per heavy atom. The summed E-state index contributed by atoms with van der Waals surface area (Å²) in [6.45, 7) is 4.35. The number of nitrogens with zero attached hydrogens (tertiary/aromatic N) is 1. The van der Waals surface area contributed by atoms with Gasteiger partial charge >= 0.3 is 0 Å². The van der Waals surface area contributed by atoms with Crippen LogP contribution < -0.4 is 0 Å². The van der Waals surface area contributed by atoms with E-state index >= 15 is 0 Å². The number of H-pyrrole nitrogens is 1. The largest absolute Gasteiger partial charge is 0.358 e. The van der Waals surface area contributed by atoms with Gasteiger partial charge in [-0.25, -0.2) is 0 Å². The smallest absolute Gasteiger partial charge is 0.0491 e. The van der Waals surface area contributed by atoms with E-state index in [9.17, 15) is 0 Å². The molecule has 3 rings (SSSR count). The average molecular weight is 271 g/mol. The fourth-order valence-corrected chi connectivity index (χ4v) is 2.52. The van der Waals surface area contributed by atoms with Crippen LogP contribution in [0.4, 0.5) is 0 Å². The van der Waals surface area contributed by atoms with Gasteiger partial charge in [0.15, 0.2) is 0 Å². The number of aromatic nitrogens is 2. The van der Waals surface area contributed by atoms with Crippen LogP contribution in [0, 0.1) is 0 Å². The number of hydrogen-bond donors (Lipinski definition) is 1. The Hall–Kier alpha value is -1.80. The Labute approximate surface area is 117 Å². The Bertz CT molecular complexity index is 714. The molecule has 0 fully saturated rings. The fraction of sp³-hybridized carbons (Fsp3) is 0.188. The molecule has 0 saturated heterocycles. The summed E-state index contributed by atoms with van der Waals surface area (Å²) in [5.41, 5.74) is 4.48. The van der Waals surface area contributed by atoms with Gasteiger partial charge in [-0.1, -0.05) is 25.4 Å². The maximum atomic E-state index is 6.39. The molecule has 0 amide bonds. The molecule has 0 aliphatic carbocycles. The van der Waals surface area contributed by atoms with Crippen molar-refractivity contribution in [2.75, 3.05) is 0 Å². The van der Waals surface area contributed by atoms with Gasteiger partial charge in [0.05, 0.1) is 0 Å². The summed E-state index contributed by atoms with van der Waals surface area (Å²) in [6, 6.07) is 10.2. The van der Waals surface area contributed by atoms with Crippen LogP contribution in [0.25, 0.3) is 22.0 Å². The van der Waals surface area contributed by atoms with Gasteiger partial charge in [0.25, 0.3) is 0 Å². The number of aromatic amines is 1. The highest BCUT2D eigenvalue weighted by Gasteiger charge is 2.09. The second kappa shape index (κ2) is 4.71. The van der Waals surface area contributed by atoms with Crippen molar-refractivity contribution in [1.29, 1.82) is 0 Å². The molecule has 0 unspecified atom stereocenters. The summed E-state index contributed by atoms with van der Waals surface area (Å²) < 4.78 is 0. The molecule has 0 radical (unpaired) electrons. The fourth-order valence-electron chi connectivity index (χ4n) is 2.24. The van der Waals surface area contributed by atoms with Gasteiger partial charge in [-0.2, -0.15) is 0 Å². The normalized spacial score (nSPS) is 11.4. The first kappa shape index (κ1) is 12.2. The zero-order valence-electron chi connectivity index (χ0n) is 10.9. The first-order valence-electron chi connectivity index (χ1n) is 6.37. The van der Waals surface area contributed by atoms with Crippen LogP contribution in [-0.4, -0.2) is 9.97 Å². The van der Waals surface area contributed by atoms with Crippen LogP contribution >= 0.6 is 11.6 Å². The van der Waals surface area contributed by atoms with Gasteiger partial charge in [-0.05, 0) is 41.8 Å². The molecule has 19 heavy (non-hydrogen) atoms. The van der Waals surface area contributed by atoms with E-state index in [1.165, 1.54) is 5.69 Å². The van der Waals surface area contributed by atoms with E-state index in [1.807, 2.05) is 18.2 Å². The van der Waals surface area contributed by atoms with Crippen LogP contribution in [0.5, 0.6) is 0 Å². The van der Waals surface area contributed by atoms with Crippen molar-refractivity contribution >= 4 is 22.5 Å². The molecule has 0 bridgehead atoms. The molecule has 1 N–H and O–H groups in total. The number of fused-ring (bicyclic) bond motifs is 1. The lowest BCUT2D eigenvalue weighted by molar-refractivity contribution is 0.836. The molecule has 3 aromatic rings. The SMILES string of the molecule is CC(C)c1cc2cc(Cl)c(-c3ccncc3)cc2[nH]1. The maximum Gasteiger partial charge on any atom is 0.0491 e. The highest BCUT2D eigenvalue weighted by atomic mass is 35.5. The summed E-state index contributed by atoms with van der Waals surface area (Å²) in [7, 11) is 0. The van der Waals surface area contributed by atoms with Gasteiger partial charge in [0.2, 0.25) is 0 Å². The van der Waals surface area contributed by atoms with Gasteiger partial charge < -0.3 is 4.98 Å². The number of hydrogen-bond acceptors (Lipinski definition) is 1. The molecular weight excluding hydrogens is 256 g/mol. The topological polar surface area (TPSA) is 28.7 Å². The van der Waals surface area contributed by atoms with Crippen LogP contribution in [0.3, 0.4) is 0 Å². The molecule has 2 aromatic heterocycles. The maximum absolute atomic E-state index is 6.39. The van der Waals surface area contributed by atoms with Crippen molar-refractivity contribution in [2.24, 2.45) is 0 Å². The summed E-state index contributed by atoms with van der Waals surface area (Å²) in [5.74, 6) is 0.482. The van der Waals surface area contributed by atoms with Crippen molar-refractivity contribution in [3.8, 4) is 11.1 Å². The van der Waals surface area contributed by atoms with Crippen molar-refractivity contribution < 1.29 is 0 Å². The van der Waals surface area contributed by atoms with Gasteiger partial charge in [-0.3, -0.25) is 4.98 Å². The van der Waals surface area contributed by atoms with Crippen molar-refractivity contribution in [3.05, 3.63) is 53.4 Å². The Morgan fingerprint density at radius 2 is 1.84 bits per heavy atom. The third-order valence-corrected chi connectivity index (χ3v) is 3.66. The zero-order chi connectivity index (χ0) is 13.4.